The van der Waals surface area contributed by atoms with Gasteiger partial charge in [0.25, 0.3) is 0 Å². The van der Waals surface area contributed by atoms with Gasteiger partial charge in [-0.05, 0) is 105 Å². The van der Waals surface area contributed by atoms with E-state index in [1.807, 2.05) is 36.4 Å². The lowest BCUT2D eigenvalue weighted by Gasteiger charge is -2.15. The average Bonchev–Trinajstić information content (AvgIpc) is 3.46. The first-order chi connectivity index (χ1) is 23.1. The monoisotopic (exact) mass is 712 g/mol. The molecule has 5 heteroatoms. The number of hydrogen-bond acceptors (Lipinski definition) is 3. The van der Waals surface area contributed by atoms with Crippen molar-refractivity contribution in [3.05, 3.63) is 160 Å². The maximum Gasteiger partial charge on any atom is 0.0992 e. The molecule has 8 aromatic rings. The summed E-state index contributed by atoms with van der Waals surface area (Å²) in [5.41, 5.74) is 10.7. The topological polar surface area (TPSA) is 64.5 Å². The molecule has 0 spiro atoms. The third-order valence-electron chi connectivity index (χ3n) is 8.70. The fourth-order valence-electron chi connectivity index (χ4n) is 6.46. The lowest BCUT2D eigenvalue weighted by molar-refractivity contribution is 1.19. The van der Waals surface area contributed by atoms with Crippen molar-refractivity contribution in [3.63, 3.8) is 0 Å². The highest BCUT2D eigenvalue weighted by Gasteiger charge is 2.16. The highest BCUT2D eigenvalue weighted by Crippen LogP contribution is 2.39. The summed E-state index contributed by atoms with van der Waals surface area (Å²) in [6.45, 7) is 0. The maximum atomic E-state index is 9.62. The van der Waals surface area contributed by atoms with E-state index >= 15 is 0 Å². The molecule has 0 aliphatic heterocycles. The first kappa shape index (κ1) is 28.6. The van der Waals surface area contributed by atoms with E-state index in [9.17, 15) is 10.5 Å². The van der Waals surface area contributed by atoms with E-state index in [0.717, 1.165) is 42.9 Å². The summed E-state index contributed by atoms with van der Waals surface area (Å²) in [5, 5.41) is 27.4. The van der Waals surface area contributed by atoms with Crippen LogP contribution in [-0.2, 0) is 0 Å². The maximum absolute atomic E-state index is 9.62. The fourth-order valence-corrected chi connectivity index (χ4v) is 7.27. The molecule has 1 aromatic heterocycles. The molecule has 1 heterocycles. The lowest BCUT2D eigenvalue weighted by atomic mass is 9.99. The van der Waals surface area contributed by atoms with Crippen molar-refractivity contribution in [1.82, 2.24) is 4.57 Å². The summed E-state index contributed by atoms with van der Waals surface area (Å²) in [6, 6.07) is 54.6. The second-order valence-electron chi connectivity index (χ2n) is 11.5. The van der Waals surface area contributed by atoms with Crippen LogP contribution in [0.15, 0.2) is 146 Å². The number of hydrogen-bond donors (Lipinski definition) is 1. The highest BCUT2D eigenvalue weighted by molar-refractivity contribution is 14.1. The van der Waals surface area contributed by atoms with Crippen LogP contribution in [0, 0.1) is 26.2 Å². The molecular formula is C42H25IN4. The molecule has 0 aliphatic carbocycles. The number of anilines is 2. The summed E-state index contributed by atoms with van der Waals surface area (Å²) in [6.07, 6.45) is 0. The van der Waals surface area contributed by atoms with Crippen LogP contribution >= 0.6 is 22.6 Å². The van der Waals surface area contributed by atoms with Gasteiger partial charge < -0.3 is 9.88 Å². The Balaban J connectivity index is 1.19. The van der Waals surface area contributed by atoms with Gasteiger partial charge in [-0.3, -0.25) is 0 Å². The van der Waals surface area contributed by atoms with Gasteiger partial charge in [0, 0.05) is 42.4 Å². The van der Waals surface area contributed by atoms with Crippen molar-refractivity contribution in [2.24, 2.45) is 0 Å². The minimum absolute atomic E-state index is 0.576. The molecule has 220 valence electrons. The molecule has 0 atom stereocenters. The minimum atomic E-state index is 0.576. The molecule has 0 aliphatic rings. The molecule has 0 saturated heterocycles. The average molecular weight is 713 g/mol. The Hall–Kier alpha value is -5.89. The molecule has 0 unspecified atom stereocenters. The molecule has 7 aromatic carbocycles. The van der Waals surface area contributed by atoms with Crippen molar-refractivity contribution in [2.75, 3.05) is 5.32 Å². The largest absolute Gasteiger partial charge is 0.355 e. The zero-order valence-electron chi connectivity index (χ0n) is 25.1. The van der Waals surface area contributed by atoms with Crippen LogP contribution in [0.2, 0.25) is 0 Å². The Morgan fingerprint density at radius 2 is 1.26 bits per heavy atom. The van der Waals surface area contributed by atoms with E-state index in [2.05, 4.69) is 154 Å². The lowest BCUT2D eigenvalue weighted by Crippen LogP contribution is -1.96. The van der Waals surface area contributed by atoms with E-state index in [4.69, 9.17) is 0 Å². The van der Waals surface area contributed by atoms with Gasteiger partial charge in [0.05, 0.1) is 34.3 Å². The number of aromatic nitrogens is 1. The Kier molecular flexibility index (Phi) is 7.17. The smallest absolute Gasteiger partial charge is 0.0992 e. The SMILES string of the molecule is N#Cc1ccc(-c2ccc(C#N)cc2Nc2ccc(-c3ccc4c(c3)c3ccc5ccccc5c3n4-c3ccccc3)cc2)c(I)c1. The van der Waals surface area contributed by atoms with Crippen molar-refractivity contribution in [2.45, 2.75) is 0 Å². The van der Waals surface area contributed by atoms with Crippen LogP contribution in [0.5, 0.6) is 0 Å². The van der Waals surface area contributed by atoms with Crippen LogP contribution in [-0.4, -0.2) is 4.57 Å². The van der Waals surface area contributed by atoms with Gasteiger partial charge in [0.15, 0.2) is 0 Å². The molecular weight excluding hydrogens is 687 g/mol. The van der Waals surface area contributed by atoms with Gasteiger partial charge >= 0.3 is 0 Å². The number of nitriles is 2. The van der Waals surface area contributed by atoms with Gasteiger partial charge in [-0.15, -0.1) is 0 Å². The van der Waals surface area contributed by atoms with Gasteiger partial charge in [-0.2, -0.15) is 10.5 Å². The van der Waals surface area contributed by atoms with Crippen molar-refractivity contribution >= 4 is 66.5 Å². The van der Waals surface area contributed by atoms with Gasteiger partial charge in [-0.25, -0.2) is 0 Å². The number of nitrogens with one attached hydrogen (secondary N) is 1. The number of fused-ring (bicyclic) bond motifs is 5. The van der Waals surface area contributed by atoms with Crippen molar-refractivity contribution < 1.29 is 0 Å². The first-order valence-corrected chi connectivity index (χ1v) is 16.3. The number of halogens is 1. The Labute approximate surface area is 285 Å². The molecule has 4 nitrogen and oxygen atoms in total. The Morgan fingerprint density at radius 1 is 0.553 bits per heavy atom. The van der Waals surface area contributed by atoms with Gasteiger partial charge in [-0.1, -0.05) is 84.9 Å². The Bertz CT molecular complexity index is 2570. The molecule has 0 amide bonds. The summed E-state index contributed by atoms with van der Waals surface area (Å²) in [5.74, 6) is 0. The molecule has 8 rings (SSSR count). The van der Waals surface area contributed by atoms with Gasteiger partial charge in [0.1, 0.15) is 0 Å². The van der Waals surface area contributed by atoms with Crippen LogP contribution in [0.3, 0.4) is 0 Å². The molecule has 0 radical (unpaired) electrons. The molecule has 0 fully saturated rings. The molecule has 0 saturated carbocycles. The summed E-state index contributed by atoms with van der Waals surface area (Å²) in [4.78, 5) is 0. The standard InChI is InChI=1S/C42H25IN4/c43-39-22-27(25-44)10-18-35(39)36-19-11-28(26-45)23-40(36)46-32-16-12-29(13-17-32)31-15-21-41-38(24-31)37-20-14-30-6-4-5-9-34(30)42(37)47(41)33-7-2-1-3-8-33/h1-24,46H. The number of benzene rings is 7. The van der Waals surface area contributed by atoms with E-state index < -0.39 is 0 Å². The summed E-state index contributed by atoms with van der Waals surface area (Å²) < 4.78 is 3.35. The first-order valence-electron chi connectivity index (χ1n) is 15.2. The Morgan fingerprint density at radius 3 is 2.02 bits per heavy atom. The van der Waals surface area contributed by atoms with Crippen molar-refractivity contribution in [3.8, 4) is 40.1 Å². The van der Waals surface area contributed by atoms with E-state index in [0.29, 0.717) is 11.1 Å². The van der Waals surface area contributed by atoms with Crippen LogP contribution in [0.1, 0.15) is 11.1 Å². The number of para-hydroxylation sites is 1. The zero-order chi connectivity index (χ0) is 31.9. The van der Waals surface area contributed by atoms with Crippen molar-refractivity contribution in [1.29, 1.82) is 10.5 Å². The number of rotatable bonds is 5. The molecule has 1 N–H and O–H groups in total. The summed E-state index contributed by atoms with van der Waals surface area (Å²) in [7, 11) is 0. The second kappa shape index (κ2) is 11.8. The van der Waals surface area contributed by atoms with Crippen LogP contribution < -0.4 is 5.32 Å². The van der Waals surface area contributed by atoms with E-state index in [1.165, 1.54) is 32.6 Å². The fraction of sp³-hybridized carbons (Fsp3) is 0. The second-order valence-corrected chi connectivity index (χ2v) is 12.6. The predicted octanol–water partition coefficient (Wildman–Crippen LogP) is 11.4. The third kappa shape index (κ3) is 5.08. The quantitative estimate of drug-likeness (QED) is 0.181. The van der Waals surface area contributed by atoms with E-state index in [-0.39, 0.29) is 0 Å². The summed E-state index contributed by atoms with van der Waals surface area (Å²) >= 11 is 2.26. The highest BCUT2D eigenvalue weighted by atomic mass is 127. The van der Waals surface area contributed by atoms with E-state index in [1.54, 1.807) is 0 Å². The molecule has 47 heavy (non-hydrogen) atoms. The normalized spacial score (nSPS) is 11.0. The minimum Gasteiger partial charge on any atom is -0.355 e. The zero-order valence-corrected chi connectivity index (χ0v) is 27.2. The number of nitrogens with zero attached hydrogens (tertiary/aromatic N) is 3. The van der Waals surface area contributed by atoms with Crippen LogP contribution in [0.4, 0.5) is 11.4 Å². The predicted molar refractivity (Wildman–Crippen MR) is 201 cm³/mol. The molecule has 0 bridgehead atoms. The van der Waals surface area contributed by atoms with Gasteiger partial charge in [0.2, 0.25) is 0 Å². The van der Waals surface area contributed by atoms with Crippen LogP contribution in [0.25, 0.3) is 60.5 Å². The third-order valence-corrected chi connectivity index (χ3v) is 9.59.